The highest BCUT2D eigenvalue weighted by Gasteiger charge is 2.22. The highest BCUT2D eigenvalue weighted by Crippen LogP contribution is 2.31. The lowest BCUT2D eigenvalue weighted by Crippen LogP contribution is -2.23. The highest BCUT2D eigenvalue weighted by atomic mass is 35.5. The summed E-state index contributed by atoms with van der Waals surface area (Å²) in [7, 11) is 0. The van der Waals surface area contributed by atoms with Gasteiger partial charge >= 0.3 is 5.97 Å². The van der Waals surface area contributed by atoms with E-state index >= 15 is 0 Å². The lowest BCUT2D eigenvalue weighted by Gasteiger charge is -2.20. The molecule has 0 unspecified atom stereocenters. The third-order valence-electron chi connectivity index (χ3n) is 3.39. The lowest BCUT2D eigenvalue weighted by molar-refractivity contribution is -0.117. The number of carboxylic acid groups (broad SMARTS) is 1. The topological polar surface area (TPSA) is 84.9 Å². The highest BCUT2D eigenvalue weighted by molar-refractivity contribution is 6.34. The number of benzene rings is 1. The third kappa shape index (κ3) is 3.76. The minimum atomic E-state index is -1.15. The van der Waals surface area contributed by atoms with Crippen molar-refractivity contribution in [2.75, 3.05) is 18.5 Å². The van der Waals surface area contributed by atoms with Crippen LogP contribution in [-0.4, -0.2) is 30.2 Å². The van der Waals surface area contributed by atoms with Gasteiger partial charge in [0.15, 0.2) is 0 Å². The Hall–Kier alpha value is -2.21. The fourth-order valence-electron chi connectivity index (χ4n) is 2.21. The Balaban J connectivity index is 2.36. The number of carbonyl (C=O) groups is 2. The summed E-state index contributed by atoms with van der Waals surface area (Å²) < 4.78 is 10.6. The van der Waals surface area contributed by atoms with Gasteiger partial charge in [0.2, 0.25) is 5.76 Å². The molecule has 1 aliphatic rings. The summed E-state index contributed by atoms with van der Waals surface area (Å²) in [5.74, 6) is -1.15. The van der Waals surface area contributed by atoms with Gasteiger partial charge in [0.1, 0.15) is 19.0 Å². The second-order valence-electron chi connectivity index (χ2n) is 5.42. The van der Waals surface area contributed by atoms with Crippen LogP contribution in [0.15, 0.2) is 23.7 Å². The number of nitrogens with one attached hydrogen (secondary N) is 1. The summed E-state index contributed by atoms with van der Waals surface area (Å²) in [6.45, 7) is 6.10. The Morgan fingerprint density at radius 2 is 1.91 bits per heavy atom. The number of aromatic carboxylic acids is 1. The van der Waals surface area contributed by atoms with Crippen LogP contribution in [0.1, 0.15) is 42.6 Å². The van der Waals surface area contributed by atoms with Crippen molar-refractivity contribution in [3.63, 3.8) is 0 Å². The number of hydrogen-bond acceptors (Lipinski definition) is 4. The molecule has 1 amide bonds. The Bertz CT molecular complexity index is 681. The van der Waals surface area contributed by atoms with Gasteiger partial charge in [-0.2, -0.15) is 0 Å². The Morgan fingerprint density at radius 1 is 1.26 bits per heavy atom. The summed E-state index contributed by atoms with van der Waals surface area (Å²) in [5.41, 5.74) is 0.933. The number of hydrogen-bond donors (Lipinski definition) is 2. The number of ether oxygens (including phenoxy) is 2. The van der Waals surface area contributed by atoms with E-state index < -0.39 is 11.9 Å². The maximum absolute atomic E-state index is 12.3. The molecule has 0 aliphatic carbocycles. The Labute approximate surface area is 139 Å². The molecule has 2 rings (SSSR count). The molecule has 7 heteroatoms. The average molecular weight is 340 g/mol. The van der Waals surface area contributed by atoms with E-state index in [0.29, 0.717) is 30.2 Å². The van der Waals surface area contributed by atoms with Gasteiger partial charge in [-0.15, -0.1) is 0 Å². The van der Waals surface area contributed by atoms with Crippen LogP contribution in [0.3, 0.4) is 0 Å². The number of allylic oxidation sites excluding steroid dienone is 1. The minimum absolute atomic E-state index is 0.00710. The van der Waals surface area contributed by atoms with Gasteiger partial charge in [-0.25, -0.2) is 4.79 Å². The molecular weight excluding hydrogens is 322 g/mol. The van der Waals surface area contributed by atoms with Crippen molar-refractivity contribution in [2.45, 2.75) is 26.7 Å². The molecule has 0 fully saturated rings. The molecule has 1 heterocycles. The number of rotatable bonds is 4. The first kappa shape index (κ1) is 17.1. The maximum atomic E-state index is 12.3. The first-order valence-electron chi connectivity index (χ1n) is 7.15. The summed E-state index contributed by atoms with van der Waals surface area (Å²) in [4.78, 5) is 23.6. The van der Waals surface area contributed by atoms with E-state index in [0.717, 1.165) is 0 Å². The van der Waals surface area contributed by atoms with Crippen LogP contribution >= 0.6 is 11.6 Å². The molecule has 23 heavy (non-hydrogen) atoms. The molecule has 0 spiro atoms. The van der Waals surface area contributed by atoms with Gasteiger partial charge in [-0.3, -0.25) is 4.79 Å². The average Bonchev–Trinajstić information content (AvgIpc) is 2.48. The molecule has 0 saturated carbocycles. The van der Waals surface area contributed by atoms with Gasteiger partial charge in [0.25, 0.3) is 5.91 Å². The van der Waals surface area contributed by atoms with Crippen LogP contribution in [0.4, 0.5) is 5.69 Å². The molecule has 1 aliphatic heterocycles. The predicted octanol–water partition coefficient (Wildman–Crippen LogP) is 3.38. The van der Waals surface area contributed by atoms with Gasteiger partial charge in [-0.1, -0.05) is 25.4 Å². The zero-order chi connectivity index (χ0) is 17.1. The molecule has 124 valence electrons. The van der Waals surface area contributed by atoms with Gasteiger partial charge < -0.3 is 19.9 Å². The molecule has 1 aromatic carbocycles. The van der Waals surface area contributed by atoms with Crippen molar-refractivity contribution in [2.24, 2.45) is 0 Å². The zero-order valence-corrected chi connectivity index (χ0v) is 13.9. The second kappa shape index (κ2) is 6.91. The molecular formula is C16H18ClNO5. The number of anilines is 1. The molecule has 2 N–H and O–H groups in total. The Kier molecular flexibility index (Phi) is 5.15. The van der Waals surface area contributed by atoms with Crippen molar-refractivity contribution < 1.29 is 24.2 Å². The van der Waals surface area contributed by atoms with Crippen molar-refractivity contribution >= 4 is 29.2 Å². The SMILES string of the molecule is CC1=C(C(=O)Nc2cc(C(=O)O)c(Cl)c(C(C)C)c2)OCCO1. The van der Waals surface area contributed by atoms with Crippen molar-refractivity contribution in [3.8, 4) is 0 Å². The van der Waals surface area contributed by atoms with Crippen LogP contribution in [0.2, 0.25) is 5.02 Å². The van der Waals surface area contributed by atoms with Crippen LogP contribution in [0, 0.1) is 0 Å². The molecule has 0 radical (unpaired) electrons. The molecule has 6 nitrogen and oxygen atoms in total. The monoisotopic (exact) mass is 339 g/mol. The number of carbonyl (C=O) groups excluding carboxylic acids is 1. The van der Waals surface area contributed by atoms with Crippen molar-refractivity contribution in [1.82, 2.24) is 0 Å². The van der Waals surface area contributed by atoms with E-state index in [-0.39, 0.29) is 22.3 Å². The van der Waals surface area contributed by atoms with Gasteiger partial charge in [-0.05, 0) is 30.5 Å². The first-order valence-corrected chi connectivity index (χ1v) is 7.53. The van der Waals surface area contributed by atoms with E-state index in [4.69, 9.17) is 21.1 Å². The van der Waals surface area contributed by atoms with Gasteiger partial charge in [0.05, 0.1) is 10.6 Å². The molecule has 0 saturated heterocycles. The van der Waals surface area contributed by atoms with Gasteiger partial charge in [0, 0.05) is 5.69 Å². The molecule has 0 aromatic heterocycles. The summed E-state index contributed by atoms with van der Waals surface area (Å²) in [6.07, 6.45) is 0. The number of amides is 1. The van der Waals surface area contributed by atoms with Crippen LogP contribution in [0.25, 0.3) is 0 Å². The van der Waals surface area contributed by atoms with E-state index in [1.807, 2.05) is 13.8 Å². The van der Waals surface area contributed by atoms with Crippen LogP contribution < -0.4 is 5.32 Å². The largest absolute Gasteiger partial charge is 0.491 e. The van der Waals surface area contributed by atoms with E-state index in [1.165, 1.54) is 6.07 Å². The number of halogens is 1. The fourth-order valence-corrected chi connectivity index (χ4v) is 2.62. The van der Waals surface area contributed by atoms with Crippen LogP contribution in [-0.2, 0) is 14.3 Å². The van der Waals surface area contributed by atoms with E-state index in [1.54, 1.807) is 13.0 Å². The predicted molar refractivity (Wildman–Crippen MR) is 85.7 cm³/mol. The lowest BCUT2D eigenvalue weighted by atomic mass is 9.99. The minimum Gasteiger partial charge on any atom is -0.491 e. The normalized spacial score (nSPS) is 14.3. The zero-order valence-electron chi connectivity index (χ0n) is 13.1. The van der Waals surface area contributed by atoms with E-state index in [9.17, 15) is 14.7 Å². The molecule has 1 aromatic rings. The second-order valence-corrected chi connectivity index (χ2v) is 5.80. The number of carboxylic acids is 1. The summed E-state index contributed by atoms with van der Waals surface area (Å²) in [6, 6.07) is 2.99. The fraction of sp³-hybridized carbons (Fsp3) is 0.375. The third-order valence-corrected chi connectivity index (χ3v) is 3.81. The first-order chi connectivity index (χ1) is 10.8. The molecule has 0 bridgehead atoms. The van der Waals surface area contributed by atoms with E-state index in [2.05, 4.69) is 5.32 Å². The quantitative estimate of drug-likeness (QED) is 0.878. The van der Waals surface area contributed by atoms with Crippen molar-refractivity contribution in [3.05, 3.63) is 39.8 Å². The van der Waals surface area contributed by atoms with Crippen molar-refractivity contribution in [1.29, 1.82) is 0 Å². The standard InChI is InChI=1S/C16H18ClNO5/c1-8(2)11-6-10(7-12(13(11)17)16(20)21)18-15(19)14-9(3)22-4-5-23-14/h6-8H,4-5H2,1-3H3,(H,18,19)(H,20,21). The summed E-state index contributed by atoms with van der Waals surface area (Å²) >= 11 is 6.13. The van der Waals surface area contributed by atoms with Crippen LogP contribution in [0.5, 0.6) is 0 Å². The molecule has 0 atom stereocenters. The Morgan fingerprint density at radius 3 is 2.48 bits per heavy atom. The maximum Gasteiger partial charge on any atom is 0.337 e. The summed E-state index contributed by atoms with van der Waals surface area (Å²) in [5, 5.41) is 12.1. The smallest absolute Gasteiger partial charge is 0.337 e.